The van der Waals surface area contributed by atoms with Gasteiger partial charge in [0.15, 0.2) is 5.95 Å². The van der Waals surface area contributed by atoms with E-state index in [0.717, 1.165) is 11.9 Å². The number of unbranched alkanes of at least 4 members (excludes halogenated alkanes) is 1. The molecule has 0 saturated carbocycles. The van der Waals surface area contributed by atoms with Crippen LogP contribution in [0.2, 0.25) is 0 Å². The van der Waals surface area contributed by atoms with E-state index in [1.54, 1.807) is 61.1 Å². The Hall–Kier alpha value is -8.16. The molecule has 1 unspecified atom stereocenters. The number of fused-ring (bicyclic) bond motifs is 1. The Balaban J connectivity index is 0.964. The quantitative estimate of drug-likeness (QED) is 0.0169. The molecule has 1 saturated heterocycles. The fourth-order valence-electron chi connectivity index (χ4n) is 11.4. The second kappa shape index (κ2) is 47.8. The van der Waals surface area contributed by atoms with Crippen LogP contribution in [0.1, 0.15) is 72.9 Å². The van der Waals surface area contributed by atoms with Crippen molar-refractivity contribution in [3.05, 3.63) is 65.6 Å². The lowest BCUT2D eigenvalue weighted by molar-refractivity contribution is -0.140. The number of benzene rings is 2. The monoisotopic (exact) mass is 1600 g/mol. The second-order valence-corrected chi connectivity index (χ2v) is 30.7. The number of ether oxygens (including phenoxy) is 4. The van der Waals surface area contributed by atoms with Gasteiger partial charge in [0.05, 0.1) is 82.4 Å². The van der Waals surface area contributed by atoms with Gasteiger partial charge in [0.1, 0.15) is 30.4 Å². The molecular formula is C65H104N16O25P2S. The van der Waals surface area contributed by atoms with Gasteiger partial charge in [-0.2, -0.15) is 9.82 Å². The van der Waals surface area contributed by atoms with Crippen molar-refractivity contribution in [1.82, 2.24) is 75.6 Å². The van der Waals surface area contributed by atoms with Gasteiger partial charge in [0, 0.05) is 135 Å². The first-order chi connectivity index (χ1) is 51.7. The topological polar surface area (TPSA) is 568 Å². The summed E-state index contributed by atoms with van der Waals surface area (Å²) in [5.74, 6) is -6.66. The summed E-state index contributed by atoms with van der Waals surface area (Å²) in [7, 11) is -14.0. The third kappa shape index (κ3) is 37.9. The first-order valence-corrected chi connectivity index (χ1v) is 40.5. The minimum absolute atomic E-state index is 0.0242. The average Bonchev–Trinajstić information content (AvgIpc) is 1.61. The Morgan fingerprint density at radius 3 is 1.67 bits per heavy atom. The number of carboxylic acid groups (broad SMARTS) is 4. The maximum atomic E-state index is 13.8. The smallest absolute Gasteiger partial charge is 0.339 e. The van der Waals surface area contributed by atoms with Crippen LogP contribution in [-0.4, -0.2) is 335 Å². The van der Waals surface area contributed by atoms with Crippen LogP contribution in [-0.2, 0) is 78.3 Å². The van der Waals surface area contributed by atoms with E-state index in [4.69, 9.17) is 18.9 Å². The number of anilines is 1. The summed E-state index contributed by atoms with van der Waals surface area (Å²) in [4.78, 5) is 165. The predicted molar refractivity (Wildman–Crippen MR) is 392 cm³/mol. The highest BCUT2D eigenvalue weighted by Crippen LogP contribution is 2.40. The third-order valence-electron chi connectivity index (χ3n) is 16.5. The predicted octanol–water partition coefficient (Wildman–Crippen LogP) is -1.92. The molecule has 1 aliphatic rings. The van der Waals surface area contributed by atoms with Gasteiger partial charge < -0.3 is 95.8 Å². The van der Waals surface area contributed by atoms with Crippen molar-refractivity contribution in [2.75, 3.05) is 182 Å². The molecule has 0 radical (unpaired) electrons. The third-order valence-corrected chi connectivity index (χ3v) is 19.8. The normalized spacial score (nSPS) is 14.6. The van der Waals surface area contributed by atoms with E-state index in [1.165, 1.54) is 26.0 Å². The van der Waals surface area contributed by atoms with Gasteiger partial charge in [-0.25, -0.2) is 13.4 Å². The number of aromatic amines is 1. The molecule has 3 heterocycles. The molecule has 0 bridgehead atoms. The Labute approximate surface area is 630 Å². The van der Waals surface area contributed by atoms with Crippen molar-refractivity contribution in [2.24, 2.45) is 0 Å². The zero-order valence-electron chi connectivity index (χ0n) is 61.1. The molecule has 41 nitrogen and oxygen atoms in total. The van der Waals surface area contributed by atoms with Crippen LogP contribution < -0.4 is 41.4 Å². The summed E-state index contributed by atoms with van der Waals surface area (Å²) in [5.41, 5.74) is 1.57. The number of nitrogens with zero attached hydrogens (tertiary/aromatic N) is 8. The highest BCUT2D eigenvalue weighted by molar-refractivity contribution is 7.89. The van der Waals surface area contributed by atoms with Gasteiger partial charge in [-0.05, 0) is 100 Å². The van der Waals surface area contributed by atoms with Crippen LogP contribution in [0.5, 0.6) is 5.75 Å². The number of hydrogen-bond donors (Lipinski definition) is 16. The fourth-order valence-corrected chi connectivity index (χ4v) is 14.7. The summed E-state index contributed by atoms with van der Waals surface area (Å²) in [6, 6.07) is 5.08. The van der Waals surface area contributed by atoms with Crippen LogP contribution in [0.25, 0.3) is 10.9 Å². The van der Waals surface area contributed by atoms with Gasteiger partial charge in [-0.3, -0.25) is 81.5 Å². The number of aliphatic carboxylic acids is 4. The van der Waals surface area contributed by atoms with Gasteiger partial charge in [-0.15, -0.1) is 0 Å². The van der Waals surface area contributed by atoms with Crippen molar-refractivity contribution in [3.8, 4) is 5.75 Å². The molecule has 16 N–H and O–H groups in total. The molecule has 0 spiro atoms. The Morgan fingerprint density at radius 1 is 0.606 bits per heavy atom. The van der Waals surface area contributed by atoms with Crippen LogP contribution in [0.15, 0.2) is 53.8 Å². The number of carbonyl (C=O) groups excluding carboxylic acids is 5. The van der Waals surface area contributed by atoms with Gasteiger partial charge in [0.2, 0.25) is 33.7 Å². The zero-order chi connectivity index (χ0) is 79.9. The lowest BCUT2D eigenvalue weighted by Crippen LogP contribution is -2.52. The molecule has 1 aliphatic heterocycles. The molecule has 44 heteroatoms. The van der Waals surface area contributed by atoms with Crippen molar-refractivity contribution < 1.29 is 120 Å². The maximum Gasteiger partial charge on any atom is 0.339 e. The number of rotatable bonds is 52. The van der Waals surface area contributed by atoms with Gasteiger partial charge in [-0.1, -0.05) is 0 Å². The van der Waals surface area contributed by atoms with Gasteiger partial charge >= 0.3 is 39.1 Å². The number of carboxylic acids is 4. The van der Waals surface area contributed by atoms with E-state index in [-0.39, 0.29) is 184 Å². The van der Waals surface area contributed by atoms with E-state index < -0.39 is 110 Å². The number of sulfonamides is 1. The second-order valence-electron chi connectivity index (χ2n) is 25.8. The number of nitrogens with one attached hydrogen (secondary N) is 8. The van der Waals surface area contributed by atoms with Crippen LogP contribution in [0, 0.1) is 13.8 Å². The standard InChI is InChI=1S/C65H104N16O25P2S/c1-47-35-51(36-48(2)61(47)109(101,102)75-53(64(93)94)39-72-62(91)49-11-12-54-50(37-49)38-73-81(54)19-6-14-69-65-70-17-18-71-65)106-30-5-10-55(82)66-15-7-28-103-31-33-105-34-32-104-29-8-16-68-63(92)52(9-3-4-13-67-56(83)40-80(45-107(95,96)97)46-108(98,99)100)74-57(84)41-76-20-22-77(42-58(85)86)24-26-79(44-60(89)90)27-25-78(23-21-76)43-59(87)88/h11-12,17-18,35-38,52-53,75H,3-10,13-16,19-34,39-46H2,1-2H3,(H,66,82)(H,67,83)(H,68,92)(H,72,91)(H,74,84)(H,85,86)(H,87,88)(H,89,90)(H,93,94)(H2,69,70,71)(H2,95,96,97)(H2,98,99,100)/t52-,53?/m1/s1. The molecule has 2 atom stereocenters. The molecule has 610 valence electrons. The minimum Gasteiger partial charge on any atom is -0.494 e. The minimum atomic E-state index is -4.81. The molecule has 109 heavy (non-hydrogen) atoms. The molecule has 1 fully saturated rings. The van der Waals surface area contributed by atoms with E-state index in [9.17, 15) is 101 Å². The number of H-pyrrole nitrogens is 1. The lowest BCUT2D eigenvalue weighted by Gasteiger charge is -2.33. The summed E-state index contributed by atoms with van der Waals surface area (Å²) in [6.45, 7) is 4.86. The summed E-state index contributed by atoms with van der Waals surface area (Å²) < 4.78 is 77.1. The van der Waals surface area contributed by atoms with Crippen LogP contribution >= 0.6 is 15.2 Å². The van der Waals surface area contributed by atoms with E-state index >= 15 is 0 Å². The van der Waals surface area contributed by atoms with Crippen molar-refractivity contribution in [1.29, 1.82) is 0 Å². The van der Waals surface area contributed by atoms with Crippen molar-refractivity contribution in [2.45, 2.75) is 88.7 Å². The first kappa shape index (κ1) is 91.5. The van der Waals surface area contributed by atoms with Crippen molar-refractivity contribution in [3.63, 3.8) is 0 Å². The zero-order valence-corrected chi connectivity index (χ0v) is 63.7. The maximum absolute atomic E-state index is 13.8. The summed E-state index contributed by atoms with van der Waals surface area (Å²) in [5, 5.41) is 60.4. The number of imidazole rings is 1. The number of amides is 5. The number of hydrogen-bond acceptors (Lipinski definition) is 25. The number of aromatic nitrogens is 4. The largest absolute Gasteiger partial charge is 0.494 e. The van der Waals surface area contributed by atoms with E-state index in [1.807, 2.05) is 0 Å². The Morgan fingerprint density at radius 2 is 1.14 bits per heavy atom. The highest BCUT2D eigenvalue weighted by Gasteiger charge is 2.31. The molecule has 2 aromatic heterocycles. The summed E-state index contributed by atoms with van der Waals surface area (Å²) >= 11 is 0. The van der Waals surface area contributed by atoms with E-state index in [0.29, 0.717) is 67.5 Å². The summed E-state index contributed by atoms with van der Waals surface area (Å²) in [6.07, 6.45) is 5.41. The van der Waals surface area contributed by atoms with Crippen LogP contribution in [0.4, 0.5) is 5.95 Å². The molecule has 4 aromatic rings. The molecule has 2 aromatic carbocycles. The number of aryl methyl sites for hydroxylation is 3. The highest BCUT2D eigenvalue weighted by atomic mass is 32.2. The lowest BCUT2D eigenvalue weighted by atomic mass is 10.1. The average molecular weight is 1600 g/mol. The molecule has 5 amide bonds. The Kier molecular flexibility index (Phi) is 40.1. The van der Waals surface area contributed by atoms with Crippen LogP contribution in [0.3, 0.4) is 0 Å². The fraction of sp³-hybridized carbons (Fsp3) is 0.615. The van der Waals surface area contributed by atoms with Gasteiger partial charge in [0.25, 0.3) is 5.91 Å². The Bertz CT molecular complexity index is 3710. The van der Waals surface area contributed by atoms with Crippen molar-refractivity contribution >= 4 is 95.5 Å². The first-order valence-electron chi connectivity index (χ1n) is 35.4. The SMILES string of the molecule is Cc1cc(OCCCC(=O)NCCCOCCOCCOCCCNC(=O)[C@@H](CCCCNC(=O)CN(CP(=O)(O)O)CP(=O)(O)O)NC(=O)CN2CCN(CC(=O)O)CCN(CC(=O)O)CCN(CC(=O)O)CC2)cc(C)c1S(=O)(=O)NC(CNC(=O)c1ccc2c(cnn2CCCNc2ncc[nH]2)c1)C(=O)O. The molecule has 5 rings (SSSR count). The molecular weight excluding hydrogens is 1500 g/mol. The molecule has 0 aliphatic carbocycles. The van der Waals surface area contributed by atoms with E-state index in [2.05, 4.69) is 51.7 Å². The number of carbonyl (C=O) groups is 9.